The van der Waals surface area contributed by atoms with Crippen LogP contribution in [0.2, 0.25) is 0 Å². The number of carboxylic acid groups (broad SMARTS) is 1. The van der Waals surface area contributed by atoms with Crippen molar-refractivity contribution in [2.24, 2.45) is 5.92 Å². The van der Waals surface area contributed by atoms with Crippen LogP contribution in [0.4, 0.5) is 0 Å². The van der Waals surface area contributed by atoms with Crippen LogP contribution in [0.25, 0.3) is 0 Å². The van der Waals surface area contributed by atoms with Gasteiger partial charge in [-0.3, -0.25) is 9.59 Å². The molecule has 1 saturated carbocycles. The average molecular weight is 271 g/mol. The van der Waals surface area contributed by atoms with Crippen molar-refractivity contribution in [2.45, 2.75) is 51.0 Å². The number of ether oxygens (including phenoxy) is 1. The number of hydrogen-bond donors (Lipinski definition) is 2. The standard InChI is InChI=1S/C13H21NO5/c1-19-11(15)8-10(13(17)18)14-12(16)9-6-4-2-3-5-7-9/h9-10H,2-8H2,1H3,(H,14,16)(H,17,18). The summed E-state index contributed by atoms with van der Waals surface area (Å²) in [5.41, 5.74) is 0. The van der Waals surface area contributed by atoms with Crippen molar-refractivity contribution >= 4 is 17.8 Å². The summed E-state index contributed by atoms with van der Waals surface area (Å²) in [7, 11) is 1.19. The second kappa shape index (κ2) is 7.76. The molecule has 1 atom stereocenters. The highest BCUT2D eigenvalue weighted by atomic mass is 16.5. The number of carboxylic acids is 1. The number of methoxy groups -OCH3 is 1. The van der Waals surface area contributed by atoms with Crippen molar-refractivity contribution < 1.29 is 24.2 Å². The van der Waals surface area contributed by atoms with Crippen LogP contribution in [0.3, 0.4) is 0 Å². The van der Waals surface area contributed by atoms with E-state index in [1.165, 1.54) is 7.11 Å². The number of aliphatic carboxylic acids is 1. The minimum Gasteiger partial charge on any atom is -0.480 e. The molecule has 1 aliphatic rings. The summed E-state index contributed by atoms with van der Waals surface area (Å²) in [5.74, 6) is -2.26. The highest BCUT2D eigenvalue weighted by Crippen LogP contribution is 2.23. The van der Waals surface area contributed by atoms with Gasteiger partial charge in [0.1, 0.15) is 6.04 Å². The monoisotopic (exact) mass is 271 g/mol. The number of rotatable bonds is 5. The summed E-state index contributed by atoms with van der Waals surface area (Å²) >= 11 is 0. The molecule has 0 saturated heterocycles. The van der Waals surface area contributed by atoms with E-state index < -0.39 is 18.0 Å². The number of amides is 1. The Morgan fingerprint density at radius 2 is 1.79 bits per heavy atom. The Kier molecular flexibility index (Phi) is 6.32. The number of carbonyl (C=O) groups excluding carboxylic acids is 2. The fraction of sp³-hybridized carbons (Fsp3) is 0.769. The van der Waals surface area contributed by atoms with Crippen LogP contribution < -0.4 is 5.32 Å². The molecular formula is C13H21NO5. The number of hydrogen-bond acceptors (Lipinski definition) is 4. The van der Waals surface area contributed by atoms with Gasteiger partial charge in [0.15, 0.2) is 0 Å². The molecule has 0 heterocycles. The Bertz CT molecular complexity index is 334. The molecule has 2 N–H and O–H groups in total. The Balaban J connectivity index is 2.54. The van der Waals surface area contributed by atoms with E-state index in [1.54, 1.807) is 0 Å². The zero-order valence-corrected chi connectivity index (χ0v) is 11.2. The second-order valence-electron chi connectivity index (χ2n) is 4.87. The molecule has 19 heavy (non-hydrogen) atoms. The van der Waals surface area contributed by atoms with E-state index in [4.69, 9.17) is 5.11 Å². The van der Waals surface area contributed by atoms with Crippen molar-refractivity contribution in [1.29, 1.82) is 0 Å². The van der Waals surface area contributed by atoms with Gasteiger partial charge >= 0.3 is 11.9 Å². The maximum Gasteiger partial charge on any atom is 0.326 e. The molecule has 0 bridgehead atoms. The van der Waals surface area contributed by atoms with Crippen LogP contribution >= 0.6 is 0 Å². The molecule has 0 spiro atoms. The zero-order chi connectivity index (χ0) is 14.3. The van der Waals surface area contributed by atoms with Gasteiger partial charge in [-0.05, 0) is 12.8 Å². The highest BCUT2D eigenvalue weighted by molar-refractivity contribution is 5.88. The smallest absolute Gasteiger partial charge is 0.326 e. The van der Waals surface area contributed by atoms with Gasteiger partial charge in [-0.2, -0.15) is 0 Å². The third-order valence-corrected chi connectivity index (χ3v) is 3.44. The van der Waals surface area contributed by atoms with Crippen molar-refractivity contribution in [3.8, 4) is 0 Å². The van der Waals surface area contributed by atoms with Crippen LogP contribution in [0.15, 0.2) is 0 Å². The molecule has 1 rings (SSSR count). The molecule has 0 aromatic rings. The minimum atomic E-state index is -1.22. The summed E-state index contributed by atoms with van der Waals surface area (Å²) in [6, 6.07) is -1.21. The van der Waals surface area contributed by atoms with Gasteiger partial charge in [-0.25, -0.2) is 4.79 Å². The molecule has 1 fully saturated rings. The molecule has 1 amide bonds. The molecule has 6 heteroatoms. The molecular weight excluding hydrogens is 250 g/mol. The highest BCUT2D eigenvalue weighted by Gasteiger charge is 2.27. The van der Waals surface area contributed by atoms with Crippen LogP contribution in [-0.4, -0.2) is 36.1 Å². The largest absolute Gasteiger partial charge is 0.480 e. The predicted octanol–water partition coefficient (Wildman–Crippen LogP) is 1.09. The predicted molar refractivity (Wildman–Crippen MR) is 67.4 cm³/mol. The quantitative estimate of drug-likeness (QED) is 0.576. The zero-order valence-electron chi connectivity index (χ0n) is 11.2. The molecule has 0 aromatic carbocycles. The van der Waals surface area contributed by atoms with Gasteiger partial charge in [0.25, 0.3) is 0 Å². The SMILES string of the molecule is COC(=O)CC(NC(=O)C1CCCCCC1)C(=O)O. The van der Waals surface area contributed by atoms with Crippen molar-refractivity contribution in [1.82, 2.24) is 5.32 Å². The van der Waals surface area contributed by atoms with Crippen LogP contribution in [0, 0.1) is 5.92 Å². The van der Waals surface area contributed by atoms with Crippen LogP contribution in [0.1, 0.15) is 44.9 Å². The first-order valence-electron chi connectivity index (χ1n) is 6.64. The average Bonchev–Trinajstić information content (AvgIpc) is 2.66. The van der Waals surface area contributed by atoms with Crippen molar-refractivity contribution in [2.75, 3.05) is 7.11 Å². The molecule has 6 nitrogen and oxygen atoms in total. The number of esters is 1. The van der Waals surface area contributed by atoms with E-state index in [-0.39, 0.29) is 18.2 Å². The van der Waals surface area contributed by atoms with Gasteiger partial charge in [-0.1, -0.05) is 25.7 Å². The first kappa shape index (κ1) is 15.5. The van der Waals surface area contributed by atoms with Crippen LogP contribution in [0.5, 0.6) is 0 Å². The van der Waals surface area contributed by atoms with Gasteiger partial charge in [0.05, 0.1) is 13.5 Å². The van der Waals surface area contributed by atoms with E-state index in [0.29, 0.717) is 0 Å². The van der Waals surface area contributed by atoms with Crippen molar-refractivity contribution in [3.05, 3.63) is 0 Å². The summed E-state index contributed by atoms with van der Waals surface area (Å²) < 4.78 is 4.42. The van der Waals surface area contributed by atoms with E-state index in [1.807, 2.05) is 0 Å². The van der Waals surface area contributed by atoms with Gasteiger partial charge in [0.2, 0.25) is 5.91 Å². The number of carbonyl (C=O) groups is 3. The molecule has 108 valence electrons. The normalized spacial score (nSPS) is 18.2. The lowest BCUT2D eigenvalue weighted by atomic mass is 9.99. The molecule has 0 aromatic heterocycles. The Hall–Kier alpha value is -1.59. The molecule has 1 aliphatic carbocycles. The van der Waals surface area contributed by atoms with Gasteiger partial charge in [0, 0.05) is 5.92 Å². The maximum atomic E-state index is 12.0. The summed E-state index contributed by atoms with van der Waals surface area (Å²) in [5, 5.41) is 11.4. The maximum absolute atomic E-state index is 12.0. The third-order valence-electron chi connectivity index (χ3n) is 3.44. The fourth-order valence-electron chi connectivity index (χ4n) is 2.28. The molecule has 0 aliphatic heterocycles. The lowest BCUT2D eigenvalue weighted by molar-refractivity contribution is -0.149. The van der Waals surface area contributed by atoms with Crippen molar-refractivity contribution in [3.63, 3.8) is 0 Å². The van der Waals surface area contributed by atoms with E-state index in [2.05, 4.69) is 10.1 Å². The first-order chi connectivity index (χ1) is 9.04. The molecule has 1 unspecified atom stereocenters. The number of nitrogens with one attached hydrogen (secondary N) is 1. The fourth-order valence-corrected chi connectivity index (χ4v) is 2.28. The summed E-state index contributed by atoms with van der Waals surface area (Å²) in [6.07, 6.45) is 5.46. The lowest BCUT2D eigenvalue weighted by Crippen LogP contribution is -2.44. The van der Waals surface area contributed by atoms with E-state index >= 15 is 0 Å². The minimum absolute atomic E-state index is 0.137. The topological polar surface area (TPSA) is 92.7 Å². The Labute approximate surface area is 112 Å². The third kappa shape index (κ3) is 5.28. The van der Waals surface area contributed by atoms with Gasteiger partial charge < -0.3 is 15.2 Å². The Morgan fingerprint density at radius 3 is 2.26 bits per heavy atom. The van der Waals surface area contributed by atoms with E-state index in [0.717, 1.165) is 38.5 Å². The molecule has 0 radical (unpaired) electrons. The summed E-state index contributed by atoms with van der Waals surface area (Å²) in [4.78, 5) is 34.1. The lowest BCUT2D eigenvalue weighted by Gasteiger charge is -2.18. The first-order valence-corrected chi connectivity index (χ1v) is 6.64. The van der Waals surface area contributed by atoms with Gasteiger partial charge in [-0.15, -0.1) is 0 Å². The van der Waals surface area contributed by atoms with E-state index in [9.17, 15) is 14.4 Å². The summed E-state index contributed by atoms with van der Waals surface area (Å²) in [6.45, 7) is 0. The Morgan fingerprint density at radius 1 is 1.21 bits per heavy atom. The van der Waals surface area contributed by atoms with Crippen LogP contribution in [-0.2, 0) is 19.1 Å². The second-order valence-corrected chi connectivity index (χ2v) is 4.87.